The van der Waals surface area contributed by atoms with Gasteiger partial charge in [-0.15, -0.1) is 11.6 Å². The number of carbonyl (C=O) groups excluding carboxylic acids is 1. The second-order valence-electron chi connectivity index (χ2n) is 4.39. The van der Waals surface area contributed by atoms with E-state index >= 15 is 0 Å². The van der Waals surface area contributed by atoms with Gasteiger partial charge in [0.1, 0.15) is 5.88 Å². The minimum Gasteiger partial charge on any atom is -0.493 e. The van der Waals surface area contributed by atoms with Crippen LogP contribution in [0.2, 0.25) is 0 Å². The van der Waals surface area contributed by atoms with Crippen molar-refractivity contribution in [3.05, 3.63) is 23.8 Å². The molecule has 0 aliphatic rings. The molecule has 0 atom stereocenters. The van der Waals surface area contributed by atoms with E-state index in [1.165, 1.54) is 0 Å². The van der Waals surface area contributed by atoms with E-state index in [0.29, 0.717) is 12.3 Å². The Morgan fingerprint density at radius 3 is 2.68 bits per heavy atom. The van der Waals surface area contributed by atoms with E-state index in [2.05, 4.69) is 5.32 Å². The molecule has 19 heavy (non-hydrogen) atoms. The summed E-state index contributed by atoms with van der Waals surface area (Å²) in [6.45, 7) is 4.49. The molecule has 106 valence electrons. The maximum absolute atomic E-state index is 11.0. The van der Waals surface area contributed by atoms with Gasteiger partial charge in [-0.25, -0.2) is 0 Å². The summed E-state index contributed by atoms with van der Waals surface area (Å²) >= 11 is 5.40. The molecule has 0 aliphatic heterocycles. The van der Waals surface area contributed by atoms with E-state index in [1.807, 2.05) is 32.0 Å². The molecule has 0 heterocycles. The van der Waals surface area contributed by atoms with E-state index in [4.69, 9.17) is 21.1 Å². The van der Waals surface area contributed by atoms with Gasteiger partial charge in [-0.3, -0.25) is 4.79 Å². The van der Waals surface area contributed by atoms with Crippen LogP contribution in [0.15, 0.2) is 18.2 Å². The average Bonchev–Trinajstić information content (AvgIpc) is 2.39. The quantitative estimate of drug-likeness (QED) is 0.783. The molecule has 0 spiro atoms. The summed E-state index contributed by atoms with van der Waals surface area (Å²) in [6, 6.07) is 5.77. The van der Waals surface area contributed by atoms with Crippen molar-refractivity contribution < 1.29 is 14.3 Å². The lowest BCUT2D eigenvalue weighted by molar-refractivity contribution is -0.118. The van der Waals surface area contributed by atoms with Crippen LogP contribution in [0.5, 0.6) is 11.5 Å². The van der Waals surface area contributed by atoms with Crippen molar-refractivity contribution in [2.24, 2.45) is 0 Å². The number of ether oxygens (including phenoxy) is 2. The molecule has 1 aromatic rings. The average molecular weight is 286 g/mol. The minimum atomic E-state index is -0.159. The molecule has 1 rings (SSSR count). The van der Waals surface area contributed by atoms with Gasteiger partial charge in [-0.1, -0.05) is 6.07 Å². The molecule has 0 unspecified atom stereocenters. The lowest BCUT2D eigenvalue weighted by Crippen LogP contribution is -2.26. The first-order valence-electron chi connectivity index (χ1n) is 6.23. The second-order valence-corrected chi connectivity index (χ2v) is 4.65. The molecule has 4 nitrogen and oxygen atoms in total. The summed E-state index contributed by atoms with van der Waals surface area (Å²) in [4.78, 5) is 11.0. The standard InChI is InChI=1S/C14H20ClNO3/c1-10(2)19-12-5-4-11(8-13(12)18-3)6-7-16-14(17)9-15/h4-5,8,10H,6-7,9H2,1-3H3,(H,16,17). The van der Waals surface area contributed by atoms with Crippen molar-refractivity contribution in [1.29, 1.82) is 0 Å². The van der Waals surface area contributed by atoms with Crippen molar-refractivity contribution in [3.8, 4) is 11.5 Å². The van der Waals surface area contributed by atoms with E-state index in [0.717, 1.165) is 17.7 Å². The zero-order valence-electron chi connectivity index (χ0n) is 11.5. The predicted octanol–water partition coefficient (Wildman–Crippen LogP) is 2.38. The summed E-state index contributed by atoms with van der Waals surface area (Å²) in [6.07, 6.45) is 0.823. The SMILES string of the molecule is COc1cc(CCNC(=O)CCl)ccc1OC(C)C. The molecule has 0 saturated carbocycles. The van der Waals surface area contributed by atoms with Crippen LogP contribution in [0, 0.1) is 0 Å². The Bertz CT molecular complexity index is 421. The number of rotatable bonds is 7. The monoisotopic (exact) mass is 285 g/mol. The first kappa shape index (κ1) is 15.6. The second kappa shape index (κ2) is 7.89. The number of alkyl halides is 1. The minimum absolute atomic E-state index is 0.00944. The molecule has 1 N–H and O–H groups in total. The molecule has 0 aromatic heterocycles. The van der Waals surface area contributed by atoms with Crippen LogP contribution in [0.4, 0.5) is 0 Å². The van der Waals surface area contributed by atoms with Crippen LogP contribution >= 0.6 is 11.6 Å². The Balaban J connectivity index is 2.63. The third-order valence-corrected chi connectivity index (χ3v) is 2.69. The number of carbonyl (C=O) groups is 1. The highest BCUT2D eigenvalue weighted by Crippen LogP contribution is 2.29. The molecule has 0 aliphatic carbocycles. The highest BCUT2D eigenvalue weighted by Gasteiger charge is 2.07. The summed E-state index contributed by atoms with van der Waals surface area (Å²) in [5.41, 5.74) is 1.07. The van der Waals surface area contributed by atoms with Crippen molar-refractivity contribution in [2.75, 3.05) is 19.5 Å². The Morgan fingerprint density at radius 1 is 1.37 bits per heavy atom. The molecule has 0 fully saturated rings. The Hall–Kier alpha value is -1.42. The van der Waals surface area contributed by atoms with Crippen molar-refractivity contribution in [1.82, 2.24) is 5.32 Å². The molecule has 0 radical (unpaired) electrons. The highest BCUT2D eigenvalue weighted by atomic mass is 35.5. The number of hydrogen-bond acceptors (Lipinski definition) is 3. The molecule has 5 heteroatoms. The zero-order chi connectivity index (χ0) is 14.3. The van der Waals surface area contributed by atoms with Gasteiger partial charge in [0.2, 0.25) is 5.91 Å². The van der Waals surface area contributed by atoms with Crippen LogP contribution in [0.3, 0.4) is 0 Å². The number of nitrogens with one attached hydrogen (secondary N) is 1. The van der Waals surface area contributed by atoms with Gasteiger partial charge in [0, 0.05) is 6.54 Å². The van der Waals surface area contributed by atoms with E-state index in [-0.39, 0.29) is 17.9 Å². The third kappa shape index (κ3) is 5.39. The molecule has 0 saturated heterocycles. The lowest BCUT2D eigenvalue weighted by atomic mass is 10.1. The molecule has 0 bridgehead atoms. The largest absolute Gasteiger partial charge is 0.493 e. The fraction of sp³-hybridized carbons (Fsp3) is 0.500. The maximum atomic E-state index is 11.0. The van der Waals surface area contributed by atoms with Gasteiger partial charge in [0.15, 0.2) is 11.5 Å². The summed E-state index contributed by atoms with van der Waals surface area (Å²) < 4.78 is 10.9. The fourth-order valence-corrected chi connectivity index (χ4v) is 1.71. The van der Waals surface area contributed by atoms with E-state index < -0.39 is 0 Å². The molecular formula is C14H20ClNO3. The normalized spacial score (nSPS) is 10.4. The van der Waals surface area contributed by atoms with Gasteiger partial charge in [0.25, 0.3) is 0 Å². The van der Waals surface area contributed by atoms with Gasteiger partial charge in [-0.05, 0) is 38.0 Å². The Morgan fingerprint density at radius 2 is 2.11 bits per heavy atom. The van der Waals surface area contributed by atoms with Gasteiger partial charge in [0.05, 0.1) is 13.2 Å². The number of hydrogen-bond donors (Lipinski definition) is 1. The van der Waals surface area contributed by atoms with Crippen molar-refractivity contribution >= 4 is 17.5 Å². The van der Waals surface area contributed by atoms with Crippen LogP contribution in [0.25, 0.3) is 0 Å². The van der Waals surface area contributed by atoms with E-state index in [1.54, 1.807) is 7.11 Å². The predicted molar refractivity (Wildman–Crippen MR) is 76.2 cm³/mol. The first-order chi connectivity index (χ1) is 9.06. The number of benzene rings is 1. The van der Waals surface area contributed by atoms with Crippen LogP contribution < -0.4 is 14.8 Å². The third-order valence-electron chi connectivity index (χ3n) is 2.45. The van der Waals surface area contributed by atoms with Gasteiger partial charge < -0.3 is 14.8 Å². The van der Waals surface area contributed by atoms with Crippen molar-refractivity contribution in [3.63, 3.8) is 0 Å². The fourth-order valence-electron chi connectivity index (χ4n) is 1.61. The van der Waals surface area contributed by atoms with Crippen molar-refractivity contribution in [2.45, 2.75) is 26.4 Å². The zero-order valence-corrected chi connectivity index (χ0v) is 12.3. The summed E-state index contributed by atoms with van der Waals surface area (Å²) in [5, 5.41) is 2.72. The first-order valence-corrected chi connectivity index (χ1v) is 6.76. The molecule has 1 amide bonds. The van der Waals surface area contributed by atoms with Crippen LogP contribution in [-0.4, -0.2) is 31.5 Å². The van der Waals surface area contributed by atoms with Gasteiger partial charge in [-0.2, -0.15) is 0 Å². The topological polar surface area (TPSA) is 47.6 Å². The number of methoxy groups -OCH3 is 1. The van der Waals surface area contributed by atoms with E-state index in [9.17, 15) is 4.79 Å². The highest BCUT2D eigenvalue weighted by molar-refractivity contribution is 6.27. The van der Waals surface area contributed by atoms with Crippen LogP contribution in [-0.2, 0) is 11.2 Å². The summed E-state index contributed by atoms with van der Waals surface area (Å²) in [5.74, 6) is 1.26. The smallest absolute Gasteiger partial charge is 0.234 e. The number of amides is 1. The maximum Gasteiger partial charge on any atom is 0.234 e. The molecular weight excluding hydrogens is 266 g/mol. The lowest BCUT2D eigenvalue weighted by Gasteiger charge is -2.14. The molecule has 1 aromatic carbocycles. The Kier molecular flexibility index (Phi) is 6.50. The van der Waals surface area contributed by atoms with Crippen LogP contribution in [0.1, 0.15) is 19.4 Å². The Labute approximate surface area is 119 Å². The number of halogens is 1. The summed E-state index contributed by atoms with van der Waals surface area (Å²) in [7, 11) is 1.61. The van der Waals surface area contributed by atoms with Gasteiger partial charge >= 0.3 is 0 Å².